The number of nitrogens with two attached hydrogens (primary N) is 1. The van der Waals surface area contributed by atoms with E-state index in [0.29, 0.717) is 17.3 Å². The highest BCUT2D eigenvalue weighted by Gasteiger charge is 2.18. The molecule has 0 aliphatic carbocycles. The van der Waals surface area contributed by atoms with Crippen LogP contribution in [0, 0.1) is 6.92 Å². The fourth-order valence-corrected chi connectivity index (χ4v) is 2.28. The van der Waals surface area contributed by atoms with Gasteiger partial charge in [-0.15, -0.1) is 0 Å². The molecule has 6 heteroatoms. The molecule has 0 fully saturated rings. The van der Waals surface area contributed by atoms with E-state index in [1.165, 1.54) is 0 Å². The fourth-order valence-electron chi connectivity index (χ4n) is 2.11. The van der Waals surface area contributed by atoms with Crippen molar-refractivity contribution in [2.24, 2.45) is 0 Å². The molecule has 22 heavy (non-hydrogen) atoms. The summed E-state index contributed by atoms with van der Waals surface area (Å²) in [7, 11) is 0. The lowest BCUT2D eigenvalue weighted by Gasteiger charge is -2.17. The van der Waals surface area contributed by atoms with E-state index in [9.17, 15) is 14.7 Å². The number of carbonyl (C=O) groups is 2. The van der Waals surface area contributed by atoms with Crippen LogP contribution in [0.1, 0.15) is 38.2 Å². The predicted octanol–water partition coefficient (Wildman–Crippen LogP) is 0.849. The number of rotatable bonds is 9. The van der Waals surface area contributed by atoms with Crippen molar-refractivity contribution in [1.82, 2.24) is 0 Å². The van der Waals surface area contributed by atoms with Gasteiger partial charge in [0, 0.05) is 10.7 Å². The molecule has 5 nitrogen and oxygen atoms in total. The molecular formula is C16H23ClN2O3. The quantitative estimate of drug-likeness (QED) is 0.660. The van der Waals surface area contributed by atoms with Crippen LogP contribution in [0.25, 0.3) is 0 Å². The number of nitrogens with one attached hydrogen (secondary N) is 1. The zero-order valence-corrected chi connectivity index (χ0v) is 13.8. The largest absolute Gasteiger partial charge is 0.544 e. The smallest absolute Gasteiger partial charge is 0.230 e. The zero-order chi connectivity index (χ0) is 16.5. The van der Waals surface area contributed by atoms with Crippen LogP contribution in [0.5, 0.6) is 0 Å². The van der Waals surface area contributed by atoms with E-state index in [0.717, 1.165) is 24.8 Å². The van der Waals surface area contributed by atoms with Crippen molar-refractivity contribution in [3.8, 4) is 0 Å². The van der Waals surface area contributed by atoms with Crippen molar-refractivity contribution in [3.05, 3.63) is 28.8 Å². The van der Waals surface area contributed by atoms with Gasteiger partial charge in [-0.3, -0.25) is 4.79 Å². The summed E-state index contributed by atoms with van der Waals surface area (Å²) in [6.45, 7) is 4.60. The van der Waals surface area contributed by atoms with E-state index in [-0.39, 0.29) is 12.3 Å². The second-order valence-corrected chi connectivity index (χ2v) is 5.80. The number of amides is 1. The SMILES string of the molecule is CCCCC[NH2+][C@H](CC(=O)Nc1cc(Cl)ccc1C)C(=O)[O-]. The highest BCUT2D eigenvalue weighted by Crippen LogP contribution is 2.20. The van der Waals surface area contributed by atoms with Crippen LogP contribution in [0.2, 0.25) is 5.02 Å². The van der Waals surface area contributed by atoms with Gasteiger partial charge >= 0.3 is 0 Å². The van der Waals surface area contributed by atoms with Crippen LogP contribution < -0.4 is 15.7 Å². The van der Waals surface area contributed by atoms with Gasteiger partial charge in [0.25, 0.3) is 0 Å². The molecule has 0 radical (unpaired) electrons. The molecule has 0 heterocycles. The molecule has 0 bridgehead atoms. The first kappa shape index (κ1) is 18.5. The van der Waals surface area contributed by atoms with Gasteiger partial charge in [0.1, 0.15) is 6.04 Å². The highest BCUT2D eigenvalue weighted by molar-refractivity contribution is 6.31. The molecule has 0 aliphatic rings. The Balaban J connectivity index is 2.56. The first-order chi connectivity index (χ1) is 10.4. The van der Waals surface area contributed by atoms with Crippen LogP contribution in [-0.2, 0) is 9.59 Å². The molecule has 1 aromatic rings. The topological polar surface area (TPSA) is 85.8 Å². The Bertz CT molecular complexity index is 520. The lowest BCUT2D eigenvalue weighted by molar-refractivity contribution is -0.682. The van der Waals surface area contributed by atoms with E-state index in [1.807, 2.05) is 6.92 Å². The number of carboxylic acids is 1. The first-order valence-electron chi connectivity index (χ1n) is 7.54. The maximum atomic E-state index is 12.0. The second kappa shape index (κ2) is 9.43. The summed E-state index contributed by atoms with van der Waals surface area (Å²) >= 11 is 5.89. The van der Waals surface area contributed by atoms with Gasteiger partial charge in [0.2, 0.25) is 5.91 Å². The molecule has 0 saturated carbocycles. The van der Waals surface area contributed by atoms with Crippen molar-refractivity contribution in [3.63, 3.8) is 0 Å². The van der Waals surface area contributed by atoms with Crippen LogP contribution in [0.3, 0.4) is 0 Å². The summed E-state index contributed by atoms with van der Waals surface area (Å²) in [5.41, 5.74) is 1.47. The summed E-state index contributed by atoms with van der Waals surface area (Å²) < 4.78 is 0. The predicted molar refractivity (Wildman–Crippen MR) is 84.5 cm³/mol. The highest BCUT2D eigenvalue weighted by atomic mass is 35.5. The molecule has 1 atom stereocenters. The number of anilines is 1. The third kappa shape index (κ3) is 6.45. The molecule has 122 valence electrons. The van der Waals surface area contributed by atoms with Gasteiger partial charge in [0.15, 0.2) is 0 Å². The Hall–Kier alpha value is -1.59. The molecule has 1 amide bonds. The van der Waals surface area contributed by atoms with Gasteiger partial charge in [-0.25, -0.2) is 0 Å². The maximum absolute atomic E-state index is 12.0. The Labute approximate surface area is 136 Å². The molecule has 0 saturated heterocycles. The van der Waals surface area contributed by atoms with E-state index in [4.69, 9.17) is 11.6 Å². The maximum Gasteiger partial charge on any atom is 0.230 e. The van der Waals surface area contributed by atoms with Crippen LogP contribution in [0.4, 0.5) is 5.69 Å². The second-order valence-electron chi connectivity index (χ2n) is 5.37. The van der Waals surface area contributed by atoms with Crippen molar-refractivity contribution in [2.45, 2.75) is 45.6 Å². The average molecular weight is 327 g/mol. The molecule has 0 aliphatic heterocycles. The Morgan fingerprint density at radius 3 is 2.73 bits per heavy atom. The fraction of sp³-hybridized carbons (Fsp3) is 0.500. The lowest BCUT2D eigenvalue weighted by atomic mass is 10.1. The lowest BCUT2D eigenvalue weighted by Crippen LogP contribution is -2.93. The third-order valence-electron chi connectivity index (χ3n) is 3.44. The normalized spacial score (nSPS) is 12.0. The summed E-state index contributed by atoms with van der Waals surface area (Å²) in [4.78, 5) is 23.1. The molecule has 1 rings (SSSR count). The summed E-state index contributed by atoms with van der Waals surface area (Å²) in [6.07, 6.45) is 2.91. The minimum atomic E-state index is -1.21. The summed E-state index contributed by atoms with van der Waals surface area (Å²) in [5.74, 6) is -1.57. The number of aryl methyl sites for hydroxylation is 1. The van der Waals surface area contributed by atoms with Crippen LogP contribution in [0.15, 0.2) is 18.2 Å². The monoisotopic (exact) mass is 326 g/mol. The number of aliphatic carboxylic acids is 1. The molecule has 3 N–H and O–H groups in total. The Morgan fingerprint density at radius 2 is 2.09 bits per heavy atom. The minimum absolute atomic E-state index is 0.125. The first-order valence-corrected chi connectivity index (χ1v) is 7.92. The van der Waals surface area contributed by atoms with Crippen molar-refractivity contribution in [1.29, 1.82) is 0 Å². The number of benzene rings is 1. The average Bonchev–Trinajstić information content (AvgIpc) is 2.46. The van der Waals surface area contributed by atoms with Crippen LogP contribution >= 0.6 is 11.6 Å². The Kier molecular flexibility index (Phi) is 7.91. The Morgan fingerprint density at radius 1 is 1.36 bits per heavy atom. The third-order valence-corrected chi connectivity index (χ3v) is 3.68. The number of carboxylic acid groups (broad SMARTS) is 1. The molecule has 0 aromatic heterocycles. The molecule has 0 unspecified atom stereocenters. The number of halogens is 1. The number of carbonyl (C=O) groups excluding carboxylic acids is 2. The van der Waals surface area contributed by atoms with Crippen LogP contribution in [-0.4, -0.2) is 24.5 Å². The van der Waals surface area contributed by atoms with Gasteiger partial charge < -0.3 is 20.5 Å². The van der Waals surface area contributed by atoms with Gasteiger partial charge in [0.05, 0.1) is 18.9 Å². The minimum Gasteiger partial charge on any atom is -0.544 e. The molecule has 0 spiro atoms. The standard InChI is InChI=1S/C16H23ClN2O3/c1-3-4-5-8-18-14(16(21)22)10-15(20)19-13-9-12(17)7-6-11(13)2/h6-7,9,14,18H,3-5,8,10H2,1-2H3,(H,19,20)(H,21,22)/t14-/m1/s1. The number of hydrogen-bond acceptors (Lipinski definition) is 3. The van der Waals surface area contributed by atoms with Gasteiger partial charge in [-0.05, 0) is 37.5 Å². The number of hydrogen-bond donors (Lipinski definition) is 2. The number of unbranched alkanes of at least 4 members (excludes halogenated alkanes) is 2. The molecule has 1 aromatic carbocycles. The van der Waals surface area contributed by atoms with E-state index >= 15 is 0 Å². The van der Waals surface area contributed by atoms with Crippen molar-refractivity contribution in [2.75, 3.05) is 11.9 Å². The van der Waals surface area contributed by atoms with E-state index < -0.39 is 12.0 Å². The number of quaternary nitrogens is 1. The van der Waals surface area contributed by atoms with Gasteiger partial charge in [-0.2, -0.15) is 0 Å². The summed E-state index contributed by atoms with van der Waals surface area (Å²) in [5, 5.41) is 16.0. The summed E-state index contributed by atoms with van der Waals surface area (Å²) in [6, 6.07) is 4.31. The molecular weight excluding hydrogens is 304 g/mol. The van der Waals surface area contributed by atoms with Crippen molar-refractivity contribution < 1.29 is 20.0 Å². The van der Waals surface area contributed by atoms with E-state index in [2.05, 4.69) is 12.2 Å². The van der Waals surface area contributed by atoms with Gasteiger partial charge in [-0.1, -0.05) is 31.0 Å². The zero-order valence-electron chi connectivity index (χ0n) is 13.0. The van der Waals surface area contributed by atoms with E-state index in [1.54, 1.807) is 23.5 Å². The van der Waals surface area contributed by atoms with Crippen molar-refractivity contribution >= 4 is 29.2 Å².